The third kappa shape index (κ3) is 4.58. The highest BCUT2D eigenvalue weighted by Gasteiger charge is 2.09. The van der Waals surface area contributed by atoms with Crippen LogP contribution in [0, 0.1) is 0 Å². The average Bonchev–Trinajstić information content (AvgIpc) is 2.48. The van der Waals surface area contributed by atoms with E-state index in [0.717, 1.165) is 11.8 Å². The zero-order valence-electron chi connectivity index (χ0n) is 12.0. The Hall–Kier alpha value is -1.85. The van der Waals surface area contributed by atoms with E-state index in [4.69, 9.17) is 11.6 Å². The van der Waals surface area contributed by atoms with Crippen molar-refractivity contribution in [2.24, 2.45) is 0 Å². The Morgan fingerprint density at radius 1 is 1.05 bits per heavy atom. The minimum absolute atomic E-state index is 0.199. The van der Waals surface area contributed by atoms with Gasteiger partial charge in [0.15, 0.2) is 9.84 Å². The lowest BCUT2D eigenvalue weighted by molar-refractivity contribution is 0.0954. The van der Waals surface area contributed by atoms with Gasteiger partial charge in [-0.1, -0.05) is 23.7 Å². The van der Waals surface area contributed by atoms with E-state index in [1.165, 1.54) is 24.3 Å². The standard InChI is InChI=1S/C16H16ClNO3S/c1-22(20,21)15-8-4-13(5-9-15)16(19)18-11-10-12-2-6-14(17)7-3-12/h2-9H,10-11H2,1H3,(H,18,19). The summed E-state index contributed by atoms with van der Waals surface area (Å²) in [7, 11) is -3.24. The van der Waals surface area contributed by atoms with Gasteiger partial charge in [-0.15, -0.1) is 0 Å². The number of carbonyl (C=O) groups is 1. The van der Waals surface area contributed by atoms with Crippen molar-refractivity contribution in [3.63, 3.8) is 0 Å². The first-order chi connectivity index (χ1) is 10.4. The van der Waals surface area contributed by atoms with E-state index in [1.807, 2.05) is 24.3 Å². The normalized spacial score (nSPS) is 11.2. The third-order valence-electron chi connectivity index (χ3n) is 3.16. The van der Waals surface area contributed by atoms with E-state index in [-0.39, 0.29) is 10.8 Å². The van der Waals surface area contributed by atoms with Crippen molar-refractivity contribution >= 4 is 27.3 Å². The van der Waals surface area contributed by atoms with Crippen LogP contribution in [-0.2, 0) is 16.3 Å². The first kappa shape index (κ1) is 16.5. The van der Waals surface area contributed by atoms with Gasteiger partial charge in [0.1, 0.15) is 0 Å². The van der Waals surface area contributed by atoms with Crippen LogP contribution in [0.5, 0.6) is 0 Å². The minimum Gasteiger partial charge on any atom is -0.352 e. The molecule has 0 aromatic heterocycles. The Morgan fingerprint density at radius 2 is 1.64 bits per heavy atom. The summed E-state index contributed by atoms with van der Waals surface area (Å²) in [6.07, 6.45) is 1.83. The summed E-state index contributed by atoms with van der Waals surface area (Å²) in [5.74, 6) is -0.228. The lowest BCUT2D eigenvalue weighted by atomic mass is 10.1. The first-order valence-electron chi connectivity index (χ1n) is 6.69. The minimum atomic E-state index is -3.24. The van der Waals surface area contributed by atoms with E-state index in [1.54, 1.807) is 0 Å². The molecule has 0 fully saturated rings. The predicted octanol–water partition coefficient (Wildman–Crippen LogP) is 2.72. The second-order valence-corrected chi connectivity index (χ2v) is 7.38. The highest BCUT2D eigenvalue weighted by atomic mass is 35.5. The van der Waals surface area contributed by atoms with Gasteiger partial charge >= 0.3 is 0 Å². The summed E-state index contributed by atoms with van der Waals surface area (Å²) in [4.78, 5) is 12.2. The molecule has 0 unspecified atom stereocenters. The van der Waals surface area contributed by atoms with Gasteiger partial charge in [-0.3, -0.25) is 4.79 Å². The quantitative estimate of drug-likeness (QED) is 0.912. The van der Waals surface area contributed by atoms with Crippen molar-refractivity contribution in [1.29, 1.82) is 0 Å². The summed E-state index contributed by atoms with van der Waals surface area (Å²) in [5.41, 5.74) is 1.51. The molecule has 0 aliphatic heterocycles. The maximum atomic E-state index is 12.0. The van der Waals surface area contributed by atoms with E-state index >= 15 is 0 Å². The number of nitrogens with one attached hydrogen (secondary N) is 1. The van der Waals surface area contributed by atoms with E-state index in [2.05, 4.69) is 5.32 Å². The molecule has 0 atom stereocenters. The van der Waals surface area contributed by atoms with Gasteiger partial charge < -0.3 is 5.32 Å². The third-order valence-corrected chi connectivity index (χ3v) is 4.54. The SMILES string of the molecule is CS(=O)(=O)c1ccc(C(=O)NCCc2ccc(Cl)cc2)cc1. The van der Waals surface area contributed by atoms with Gasteiger partial charge in [-0.25, -0.2) is 8.42 Å². The largest absolute Gasteiger partial charge is 0.352 e. The predicted molar refractivity (Wildman–Crippen MR) is 87.0 cm³/mol. The molecule has 0 radical (unpaired) electrons. The topological polar surface area (TPSA) is 63.2 Å². The monoisotopic (exact) mass is 337 g/mol. The van der Waals surface area contributed by atoms with Crippen LogP contribution in [0.25, 0.3) is 0 Å². The Bertz CT molecular complexity index is 753. The molecule has 1 amide bonds. The smallest absolute Gasteiger partial charge is 0.251 e. The van der Waals surface area contributed by atoms with Crippen molar-refractivity contribution in [2.75, 3.05) is 12.8 Å². The summed E-state index contributed by atoms with van der Waals surface area (Å²) >= 11 is 5.81. The van der Waals surface area contributed by atoms with Crippen LogP contribution in [0.4, 0.5) is 0 Å². The number of hydrogen-bond acceptors (Lipinski definition) is 3. The fourth-order valence-electron chi connectivity index (χ4n) is 1.93. The van der Waals surface area contributed by atoms with Crippen LogP contribution in [0.15, 0.2) is 53.4 Å². The van der Waals surface area contributed by atoms with Crippen LogP contribution in [0.2, 0.25) is 5.02 Å². The Morgan fingerprint density at radius 3 is 2.18 bits per heavy atom. The van der Waals surface area contributed by atoms with Crippen molar-refractivity contribution in [1.82, 2.24) is 5.32 Å². The Labute approximate surface area is 135 Å². The fraction of sp³-hybridized carbons (Fsp3) is 0.188. The number of sulfone groups is 1. The molecule has 0 saturated carbocycles. The highest BCUT2D eigenvalue weighted by molar-refractivity contribution is 7.90. The fourth-order valence-corrected chi connectivity index (χ4v) is 2.68. The average molecular weight is 338 g/mol. The molecule has 2 aromatic carbocycles. The highest BCUT2D eigenvalue weighted by Crippen LogP contribution is 2.11. The zero-order valence-corrected chi connectivity index (χ0v) is 13.6. The van der Waals surface area contributed by atoms with E-state index in [9.17, 15) is 13.2 Å². The van der Waals surface area contributed by atoms with Crippen LogP contribution in [-0.4, -0.2) is 27.1 Å². The number of carbonyl (C=O) groups excluding carboxylic acids is 1. The van der Waals surface area contributed by atoms with Gasteiger partial charge in [-0.05, 0) is 48.4 Å². The number of amides is 1. The van der Waals surface area contributed by atoms with Gasteiger partial charge in [0.25, 0.3) is 5.91 Å². The molecule has 2 aromatic rings. The molecule has 0 bridgehead atoms. The van der Waals surface area contributed by atoms with Gasteiger partial charge in [0.2, 0.25) is 0 Å². The van der Waals surface area contributed by atoms with E-state index in [0.29, 0.717) is 23.6 Å². The maximum Gasteiger partial charge on any atom is 0.251 e. The Kier molecular flexibility index (Phi) is 5.21. The Balaban J connectivity index is 1.91. The molecule has 0 saturated heterocycles. The summed E-state index contributed by atoms with van der Waals surface area (Å²) in [6.45, 7) is 0.494. The van der Waals surface area contributed by atoms with Crippen LogP contribution in [0.3, 0.4) is 0 Å². The van der Waals surface area contributed by atoms with Crippen LogP contribution in [0.1, 0.15) is 15.9 Å². The first-order valence-corrected chi connectivity index (χ1v) is 8.96. The molecule has 22 heavy (non-hydrogen) atoms. The molecular weight excluding hydrogens is 322 g/mol. The van der Waals surface area contributed by atoms with Crippen molar-refractivity contribution in [3.8, 4) is 0 Å². The molecule has 2 rings (SSSR count). The molecule has 6 heteroatoms. The van der Waals surface area contributed by atoms with Gasteiger partial charge in [0.05, 0.1) is 4.90 Å². The second-order valence-electron chi connectivity index (χ2n) is 4.93. The molecule has 0 spiro atoms. The molecular formula is C16H16ClNO3S. The number of benzene rings is 2. The van der Waals surface area contributed by atoms with E-state index < -0.39 is 9.84 Å². The van der Waals surface area contributed by atoms with Crippen molar-refractivity contribution in [2.45, 2.75) is 11.3 Å². The summed E-state index contributed by atoms with van der Waals surface area (Å²) < 4.78 is 22.7. The molecule has 4 nitrogen and oxygen atoms in total. The molecule has 0 aliphatic rings. The van der Waals surface area contributed by atoms with Crippen LogP contribution < -0.4 is 5.32 Å². The lowest BCUT2D eigenvalue weighted by Crippen LogP contribution is -2.25. The number of halogens is 1. The molecule has 1 N–H and O–H groups in total. The van der Waals surface area contributed by atoms with Gasteiger partial charge in [0, 0.05) is 23.4 Å². The maximum absolute atomic E-state index is 12.0. The molecule has 0 heterocycles. The molecule has 116 valence electrons. The lowest BCUT2D eigenvalue weighted by Gasteiger charge is -2.06. The van der Waals surface area contributed by atoms with Gasteiger partial charge in [-0.2, -0.15) is 0 Å². The summed E-state index contributed by atoms with van der Waals surface area (Å²) in [6, 6.07) is 13.3. The summed E-state index contributed by atoms with van der Waals surface area (Å²) in [5, 5.41) is 3.48. The number of hydrogen-bond donors (Lipinski definition) is 1. The molecule has 0 aliphatic carbocycles. The second kappa shape index (κ2) is 6.94. The van der Waals surface area contributed by atoms with Crippen molar-refractivity contribution < 1.29 is 13.2 Å². The van der Waals surface area contributed by atoms with Crippen LogP contribution >= 0.6 is 11.6 Å². The zero-order chi connectivity index (χ0) is 16.2. The number of rotatable bonds is 5. The van der Waals surface area contributed by atoms with Crippen molar-refractivity contribution in [3.05, 3.63) is 64.7 Å².